The Hall–Kier alpha value is -4.76. The molecule has 7 rings (SSSR count). The van der Waals surface area contributed by atoms with E-state index in [-0.39, 0.29) is 22.7 Å². The van der Waals surface area contributed by atoms with Gasteiger partial charge >= 0.3 is 0 Å². The fourth-order valence-electron chi connectivity index (χ4n) is 6.40. The molecule has 1 fully saturated rings. The van der Waals surface area contributed by atoms with Gasteiger partial charge < -0.3 is 9.55 Å². The van der Waals surface area contributed by atoms with Crippen LogP contribution in [0.15, 0.2) is 119 Å². The van der Waals surface area contributed by atoms with Crippen LogP contribution in [0, 0.1) is 5.82 Å². The van der Waals surface area contributed by atoms with Crippen molar-refractivity contribution in [2.45, 2.75) is 43.4 Å². The van der Waals surface area contributed by atoms with Crippen molar-refractivity contribution in [1.82, 2.24) is 13.5 Å². The van der Waals surface area contributed by atoms with Crippen LogP contribution >= 0.6 is 0 Å². The van der Waals surface area contributed by atoms with Crippen LogP contribution < -0.4 is 11.1 Å². The molecule has 7 nitrogen and oxygen atoms in total. The van der Waals surface area contributed by atoms with Crippen molar-refractivity contribution >= 4 is 26.5 Å². The zero-order valence-corrected chi connectivity index (χ0v) is 25.0. The van der Waals surface area contributed by atoms with Crippen molar-refractivity contribution in [3.63, 3.8) is 0 Å². The molecule has 9 heteroatoms. The lowest BCUT2D eigenvalue weighted by Crippen LogP contribution is -2.47. The van der Waals surface area contributed by atoms with Crippen molar-refractivity contribution in [3.05, 3.63) is 147 Å². The Morgan fingerprint density at radius 1 is 0.955 bits per heavy atom. The summed E-state index contributed by atoms with van der Waals surface area (Å²) < 4.78 is 46.1. The smallest absolute Gasteiger partial charge is 0.273 e. The first-order chi connectivity index (χ1) is 21.1. The first-order valence-corrected chi connectivity index (χ1v) is 16.0. The van der Waals surface area contributed by atoms with Crippen LogP contribution in [-0.2, 0) is 10.0 Å². The molecule has 0 saturated heterocycles. The van der Waals surface area contributed by atoms with Gasteiger partial charge in [-0.15, -0.1) is 0 Å². The van der Waals surface area contributed by atoms with Gasteiger partial charge in [-0.05, 0) is 72.7 Å². The molecule has 2 aromatic carbocycles. The van der Waals surface area contributed by atoms with E-state index >= 15 is 4.39 Å². The van der Waals surface area contributed by atoms with Gasteiger partial charge in [0, 0.05) is 47.6 Å². The lowest BCUT2D eigenvalue weighted by atomic mass is 9.75. The first-order valence-electron chi connectivity index (χ1n) is 14.5. The molecule has 0 amide bonds. The quantitative estimate of drug-likeness (QED) is 0.242. The fraction of sp³-hybridized carbons (Fsp3) is 0.200. The van der Waals surface area contributed by atoms with Crippen LogP contribution in [0.4, 0.5) is 4.39 Å². The highest BCUT2D eigenvalue weighted by molar-refractivity contribution is 7.91. The largest absolute Gasteiger partial charge is 0.327 e. The maximum Gasteiger partial charge on any atom is 0.273 e. The number of H-pyrrole nitrogens is 1. The van der Waals surface area contributed by atoms with E-state index in [1.807, 2.05) is 36.5 Å². The lowest BCUT2D eigenvalue weighted by molar-refractivity contribution is 0.512. The first kappa shape index (κ1) is 28.0. The van der Waals surface area contributed by atoms with Gasteiger partial charge in [-0.2, -0.15) is 0 Å². The van der Waals surface area contributed by atoms with E-state index in [0.29, 0.717) is 22.1 Å². The number of hydrogen-bond donors (Lipinski definition) is 1. The van der Waals surface area contributed by atoms with Crippen LogP contribution in [0.1, 0.15) is 49.8 Å². The average molecular weight is 608 g/mol. The molecule has 1 saturated carbocycles. The topological polar surface area (TPSA) is 93.9 Å². The van der Waals surface area contributed by atoms with Gasteiger partial charge in [0.05, 0.1) is 0 Å². The zero-order chi connectivity index (χ0) is 30.8. The van der Waals surface area contributed by atoms with E-state index in [1.54, 1.807) is 67.0 Å². The number of pyridine rings is 2. The Morgan fingerprint density at radius 2 is 1.68 bits per heavy atom. The summed E-state index contributed by atoms with van der Waals surface area (Å²) in [5.74, 6) is -1.55. The zero-order valence-electron chi connectivity index (χ0n) is 24.2. The highest BCUT2D eigenvalue weighted by atomic mass is 32.2. The predicted octanol–water partition coefficient (Wildman–Crippen LogP) is 6.40. The molecular formula is C35H30FN3O4S. The average Bonchev–Trinajstić information content (AvgIpc) is 3.76. The van der Waals surface area contributed by atoms with E-state index in [2.05, 4.69) is 4.98 Å². The minimum absolute atomic E-state index is 0.00126. The molecule has 0 aliphatic heterocycles. The molecule has 2 atom stereocenters. The molecule has 3 aromatic heterocycles. The lowest BCUT2D eigenvalue weighted by Gasteiger charge is -2.40. The van der Waals surface area contributed by atoms with E-state index in [9.17, 15) is 18.0 Å². The summed E-state index contributed by atoms with van der Waals surface area (Å²) in [6, 6.07) is 20.8. The van der Waals surface area contributed by atoms with Crippen LogP contribution in [0.5, 0.6) is 0 Å². The predicted molar refractivity (Wildman–Crippen MR) is 171 cm³/mol. The van der Waals surface area contributed by atoms with Crippen molar-refractivity contribution < 1.29 is 12.8 Å². The third-order valence-electron chi connectivity index (χ3n) is 9.12. The Morgan fingerprint density at radius 3 is 2.41 bits per heavy atom. The number of halogens is 1. The number of aromatic amines is 1. The number of nitrogens with one attached hydrogen (secondary N) is 1. The van der Waals surface area contributed by atoms with Gasteiger partial charge in [-0.3, -0.25) is 9.59 Å². The second-order valence-electron chi connectivity index (χ2n) is 11.7. The van der Waals surface area contributed by atoms with E-state index in [4.69, 9.17) is 0 Å². The second-order valence-corrected chi connectivity index (χ2v) is 13.9. The monoisotopic (exact) mass is 607 g/mol. The van der Waals surface area contributed by atoms with E-state index in [0.717, 1.165) is 27.9 Å². The molecule has 3 heterocycles. The van der Waals surface area contributed by atoms with Crippen molar-refractivity contribution in [1.29, 1.82) is 0 Å². The summed E-state index contributed by atoms with van der Waals surface area (Å²) in [4.78, 5) is 28.8. The number of fused-ring (bicyclic) bond motifs is 1. The maximum atomic E-state index is 15.6. The SMILES string of the molecule is CC1=CC(c2cc(=O)n(C3CC3)cc2-c2ccccc2)=CC(c2ccccc2F)C1(C)S(=O)(=O)n1ccc2cc[nH]c(=O)c21. The minimum Gasteiger partial charge on any atom is -0.327 e. The second kappa shape index (κ2) is 10.2. The fourth-order valence-corrected chi connectivity index (χ4v) is 8.44. The summed E-state index contributed by atoms with van der Waals surface area (Å²) in [5, 5.41) is 0.473. The van der Waals surface area contributed by atoms with Crippen molar-refractivity contribution in [2.24, 2.45) is 0 Å². The molecule has 0 bridgehead atoms. The highest BCUT2D eigenvalue weighted by Crippen LogP contribution is 2.49. The summed E-state index contributed by atoms with van der Waals surface area (Å²) in [6.45, 7) is 3.28. The summed E-state index contributed by atoms with van der Waals surface area (Å²) in [7, 11) is -4.37. The maximum absolute atomic E-state index is 15.6. The number of aromatic nitrogens is 3. The molecule has 222 valence electrons. The molecule has 44 heavy (non-hydrogen) atoms. The van der Waals surface area contributed by atoms with Gasteiger partial charge in [-0.25, -0.2) is 16.8 Å². The van der Waals surface area contributed by atoms with Crippen LogP contribution in [-0.4, -0.2) is 26.7 Å². The number of hydrogen-bond acceptors (Lipinski definition) is 4. The molecule has 2 aliphatic carbocycles. The number of benzene rings is 2. The highest BCUT2D eigenvalue weighted by Gasteiger charge is 2.51. The number of rotatable bonds is 6. The Labute approximate surface area is 253 Å². The number of allylic oxidation sites excluding steroid dienone is 3. The Kier molecular flexibility index (Phi) is 6.48. The molecule has 2 aliphatic rings. The Bertz CT molecular complexity index is 2240. The van der Waals surface area contributed by atoms with Gasteiger partial charge in [0.2, 0.25) is 10.0 Å². The molecule has 5 aromatic rings. The molecule has 2 unspecified atom stereocenters. The third kappa shape index (κ3) is 4.25. The summed E-state index contributed by atoms with van der Waals surface area (Å²) in [5.41, 5.74) is 2.95. The third-order valence-corrected chi connectivity index (χ3v) is 11.6. The van der Waals surface area contributed by atoms with E-state index < -0.39 is 32.1 Å². The minimum atomic E-state index is -4.37. The molecular weight excluding hydrogens is 577 g/mol. The van der Waals surface area contributed by atoms with Gasteiger partial charge in [0.1, 0.15) is 16.1 Å². The molecule has 1 N–H and O–H groups in total. The van der Waals surface area contributed by atoms with Crippen LogP contribution in [0.2, 0.25) is 0 Å². The van der Waals surface area contributed by atoms with Gasteiger partial charge in [-0.1, -0.05) is 60.7 Å². The van der Waals surface area contributed by atoms with E-state index in [1.165, 1.54) is 18.5 Å². The molecule has 0 radical (unpaired) electrons. The van der Waals surface area contributed by atoms with Gasteiger partial charge in [0.15, 0.2) is 0 Å². The number of nitrogens with zero attached hydrogens (tertiary/aromatic N) is 2. The van der Waals surface area contributed by atoms with Crippen molar-refractivity contribution in [3.8, 4) is 11.1 Å². The summed E-state index contributed by atoms with van der Waals surface area (Å²) in [6.07, 6.45) is 10.1. The standard InChI is InChI=1S/C35H30FN3O4S/c1-22-18-25(28-20-32(40)38(26-12-13-26)21-29(28)23-8-4-3-5-9-23)19-30(27-10-6-7-11-31(27)36)35(22,2)44(42,43)39-17-15-24-14-16-37-34(41)33(24)39/h3-11,14-21,26,30H,12-13H2,1-2H3,(H,37,41). The van der Waals surface area contributed by atoms with Crippen molar-refractivity contribution in [2.75, 3.05) is 0 Å². The van der Waals surface area contributed by atoms with Crippen LogP contribution in [0.3, 0.4) is 0 Å². The van der Waals surface area contributed by atoms with Crippen LogP contribution in [0.25, 0.3) is 27.6 Å². The normalized spacial score (nSPS) is 20.4. The summed E-state index contributed by atoms with van der Waals surface area (Å²) >= 11 is 0. The Balaban J connectivity index is 1.48. The molecule has 0 spiro atoms. The van der Waals surface area contributed by atoms with Gasteiger partial charge in [0.25, 0.3) is 11.1 Å².